The van der Waals surface area contributed by atoms with Gasteiger partial charge in [-0.15, -0.1) is 0 Å². The summed E-state index contributed by atoms with van der Waals surface area (Å²) in [5, 5.41) is 71.2. The van der Waals surface area contributed by atoms with E-state index in [1.807, 2.05) is 6.08 Å². The van der Waals surface area contributed by atoms with Crippen molar-refractivity contribution in [2.75, 3.05) is 6.61 Å². The van der Waals surface area contributed by atoms with Crippen LogP contribution in [0.1, 0.15) is 47.5 Å². The number of rotatable bonds is 7. The first kappa shape index (κ1) is 29.9. The summed E-state index contributed by atoms with van der Waals surface area (Å²) in [5.74, 6) is 0.498. The Morgan fingerprint density at radius 2 is 1.47 bits per heavy atom. The second-order valence-corrected chi connectivity index (χ2v) is 11.3. The van der Waals surface area contributed by atoms with Crippen molar-refractivity contribution in [3.8, 4) is 0 Å². The number of hydrogen-bond acceptors (Lipinski definition) is 11. The van der Waals surface area contributed by atoms with Crippen molar-refractivity contribution in [3.63, 3.8) is 0 Å². The van der Waals surface area contributed by atoms with Crippen molar-refractivity contribution in [2.24, 2.45) is 17.3 Å². The van der Waals surface area contributed by atoms with Crippen LogP contribution in [0.3, 0.4) is 0 Å². The minimum atomic E-state index is -1.57. The van der Waals surface area contributed by atoms with Crippen molar-refractivity contribution >= 4 is 0 Å². The molecule has 210 valence electrons. The highest BCUT2D eigenvalue weighted by atomic mass is 16.7. The van der Waals surface area contributed by atoms with Crippen molar-refractivity contribution in [1.29, 1.82) is 0 Å². The molecule has 1 saturated carbocycles. The molecule has 2 saturated heterocycles. The van der Waals surface area contributed by atoms with Gasteiger partial charge in [-0.3, -0.25) is 0 Å². The lowest BCUT2D eigenvalue weighted by Crippen LogP contribution is -2.61. The first-order valence-electron chi connectivity index (χ1n) is 12.8. The van der Waals surface area contributed by atoms with Crippen LogP contribution in [0.5, 0.6) is 0 Å². The molecule has 11 nitrogen and oxygen atoms in total. The van der Waals surface area contributed by atoms with Crippen molar-refractivity contribution < 1.29 is 54.7 Å². The molecule has 1 aliphatic carbocycles. The summed E-state index contributed by atoms with van der Waals surface area (Å²) in [6.07, 6.45) is -8.84. The Hall–Kier alpha value is -0.700. The van der Waals surface area contributed by atoms with Gasteiger partial charge in [0.05, 0.1) is 24.9 Å². The van der Waals surface area contributed by atoms with Gasteiger partial charge in [-0.1, -0.05) is 32.9 Å². The molecule has 0 amide bonds. The van der Waals surface area contributed by atoms with Crippen LogP contribution in [-0.4, -0.2) is 116 Å². The van der Waals surface area contributed by atoms with E-state index in [-0.39, 0.29) is 30.0 Å². The lowest BCUT2D eigenvalue weighted by molar-refractivity contribution is -0.330. The van der Waals surface area contributed by atoms with Gasteiger partial charge in [0.15, 0.2) is 12.6 Å². The Morgan fingerprint density at radius 3 is 2.11 bits per heavy atom. The topological polar surface area (TPSA) is 179 Å². The quantitative estimate of drug-likeness (QED) is 0.205. The second kappa shape index (κ2) is 12.0. The van der Waals surface area contributed by atoms with Gasteiger partial charge in [-0.2, -0.15) is 0 Å². The standard InChI is InChI=1S/C25H44O11/c1-11-8-14(26)9-25(4,5)15(11)7-6-12(2)34-24-22(32)20(30)18(28)16(36-24)10-33-23-21(31)19(29)17(27)13(3)35-23/h6-7,11-24,26-32H,8-10H2,1-5H3/b7-6+/t11-,12-,13+,14+,15+,16-,17+,18-,19-,20+,21-,22-,23+,24-/m1/s1. The van der Waals surface area contributed by atoms with Crippen LogP contribution < -0.4 is 0 Å². The summed E-state index contributed by atoms with van der Waals surface area (Å²) in [7, 11) is 0. The predicted octanol–water partition coefficient (Wildman–Crippen LogP) is -0.967. The molecule has 0 bridgehead atoms. The van der Waals surface area contributed by atoms with E-state index in [2.05, 4.69) is 26.8 Å². The molecule has 14 atom stereocenters. The lowest BCUT2D eigenvalue weighted by atomic mass is 9.63. The molecule has 36 heavy (non-hydrogen) atoms. The Morgan fingerprint density at radius 1 is 0.861 bits per heavy atom. The zero-order chi connectivity index (χ0) is 26.9. The molecule has 2 heterocycles. The third-order valence-electron chi connectivity index (χ3n) is 7.76. The summed E-state index contributed by atoms with van der Waals surface area (Å²) < 4.78 is 22.4. The minimum Gasteiger partial charge on any atom is -0.393 e. The minimum absolute atomic E-state index is 0.0935. The maximum atomic E-state index is 10.4. The zero-order valence-corrected chi connectivity index (χ0v) is 21.6. The first-order valence-corrected chi connectivity index (χ1v) is 12.8. The molecule has 3 rings (SSSR count). The predicted molar refractivity (Wildman–Crippen MR) is 126 cm³/mol. The molecule has 3 fully saturated rings. The maximum absolute atomic E-state index is 10.4. The first-order chi connectivity index (χ1) is 16.7. The molecule has 0 aromatic carbocycles. The van der Waals surface area contributed by atoms with Crippen LogP contribution in [0.4, 0.5) is 0 Å². The maximum Gasteiger partial charge on any atom is 0.187 e. The van der Waals surface area contributed by atoms with Gasteiger partial charge in [0.1, 0.15) is 42.7 Å². The van der Waals surface area contributed by atoms with Gasteiger partial charge >= 0.3 is 0 Å². The molecule has 3 aliphatic rings. The van der Waals surface area contributed by atoms with E-state index in [4.69, 9.17) is 18.9 Å². The van der Waals surface area contributed by atoms with E-state index in [0.717, 1.165) is 6.42 Å². The average Bonchev–Trinajstić information content (AvgIpc) is 2.78. The van der Waals surface area contributed by atoms with Gasteiger partial charge in [0, 0.05) is 0 Å². The molecule has 11 heteroatoms. The number of aliphatic hydroxyl groups excluding tert-OH is 7. The molecular weight excluding hydrogens is 476 g/mol. The number of aliphatic hydroxyl groups is 7. The molecule has 0 aromatic rings. The van der Waals surface area contributed by atoms with Crippen LogP contribution in [0.15, 0.2) is 12.2 Å². The van der Waals surface area contributed by atoms with E-state index in [1.165, 1.54) is 6.92 Å². The van der Waals surface area contributed by atoms with Crippen LogP contribution in [0, 0.1) is 17.3 Å². The van der Waals surface area contributed by atoms with Crippen LogP contribution in [0.2, 0.25) is 0 Å². The van der Waals surface area contributed by atoms with E-state index < -0.39 is 67.5 Å². The highest BCUT2D eigenvalue weighted by Crippen LogP contribution is 2.44. The fourth-order valence-corrected chi connectivity index (χ4v) is 5.66. The third kappa shape index (κ3) is 6.65. The second-order valence-electron chi connectivity index (χ2n) is 11.3. The molecule has 0 aromatic heterocycles. The van der Waals surface area contributed by atoms with E-state index in [9.17, 15) is 35.7 Å². The fourth-order valence-electron chi connectivity index (χ4n) is 5.66. The molecule has 0 spiro atoms. The molecule has 7 N–H and O–H groups in total. The normalized spacial score (nSPS) is 48.7. The molecule has 2 aliphatic heterocycles. The number of allylic oxidation sites excluding steroid dienone is 1. The number of hydrogen-bond donors (Lipinski definition) is 7. The molecule has 0 unspecified atom stereocenters. The molecule has 0 radical (unpaired) electrons. The van der Waals surface area contributed by atoms with Gasteiger partial charge in [-0.25, -0.2) is 0 Å². The SMILES string of the molecule is C[C@H](/C=C/[C@H]1[C@H](C)C[C@H](O)CC1(C)C)O[C@@H]1O[C@H](CO[C@H]2O[C@@H](C)[C@H](O)[C@@H](O)[C@H]2O)[C@@H](O)[C@H](O)[C@H]1O. The van der Waals surface area contributed by atoms with Gasteiger partial charge in [0.2, 0.25) is 0 Å². The van der Waals surface area contributed by atoms with Crippen LogP contribution in [0.25, 0.3) is 0 Å². The smallest absolute Gasteiger partial charge is 0.187 e. The number of ether oxygens (including phenoxy) is 4. The van der Waals surface area contributed by atoms with Crippen molar-refractivity contribution in [3.05, 3.63) is 12.2 Å². The highest BCUT2D eigenvalue weighted by Gasteiger charge is 2.47. The Kier molecular flexibility index (Phi) is 9.95. The largest absolute Gasteiger partial charge is 0.393 e. The molecular formula is C25H44O11. The van der Waals surface area contributed by atoms with Gasteiger partial charge in [-0.05, 0) is 43.9 Å². The van der Waals surface area contributed by atoms with E-state index in [0.29, 0.717) is 6.42 Å². The zero-order valence-electron chi connectivity index (χ0n) is 21.6. The Balaban J connectivity index is 1.59. The lowest BCUT2D eigenvalue weighted by Gasteiger charge is -2.44. The van der Waals surface area contributed by atoms with Gasteiger partial charge < -0.3 is 54.7 Å². The Labute approximate surface area is 212 Å². The average molecular weight is 521 g/mol. The van der Waals surface area contributed by atoms with Crippen molar-refractivity contribution in [1.82, 2.24) is 0 Å². The summed E-state index contributed by atoms with van der Waals surface area (Å²) in [6, 6.07) is 0. The summed E-state index contributed by atoms with van der Waals surface area (Å²) in [6.45, 7) is 9.28. The van der Waals surface area contributed by atoms with Gasteiger partial charge in [0.25, 0.3) is 0 Å². The van der Waals surface area contributed by atoms with E-state index in [1.54, 1.807) is 6.92 Å². The Bertz CT molecular complexity index is 733. The monoisotopic (exact) mass is 520 g/mol. The summed E-state index contributed by atoms with van der Waals surface area (Å²) in [4.78, 5) is 0. The van der Waals surface area contributed by atoms with Crippen molar-refractivity contribution in [2.45, 2.75) is 121 Å². The third-order valence-corrected chi connectivity index (χ3v) is 7.76. The fraction of sp³-hybridized carbons (Fsp3) is 0.920. The van der Waals surface area contributed by atoms with Crippen LogP contribution >= 0.6 is 0 Å². The van der Waals surface area contributed by atoms with E-state index >= 15 is 0 Å². The van der Waals surface area contributed by atoms with Crippen LogP contribution in [-0.2, 0) is 18.9 Å². The summed E-state index contributed by atoms with van der Waals surface area (Å²) in [5.41, 5.74) is -0.0935. The summed E-state index contributed by atoms with van der Waals surface area (Å²) >= 11 is 0. The highest BCUT2D eigenvalue weighted by molar-refractivity contribution is 5.03.